The van der Waals surface area contributed by atoms with Gasteiger partial charge in [-0.15, -0.1) is 0 Å². The molecule has 2 aliphatic rings. The molecule has 1 N–H and O–H groups in total. The molecule has 0 bridgehead atoms. The lowest BCUT2D eigenvalue weighted by atomic mass is 9.58. The van der Waals surface area contributed by atoms with E-state index in [1.165, 1.54) is 0 Å². The van der Waals surface area contributed by atoms with Gasteiger partial charge in [0.15, 0.2) is 5.78 Å². The predicted octanol–water partition coefficient (Wildman–Crippen LogP) is 2.44. The van der Waals surface area contributed by atoms with Gasteiger partial charge in [0.25, 0.3) is 0 Å². The summed E-state index contributed by atoms with van der Waals surface area (Å²) in [5.41, 5.74) is 0.407. The third-order valence-electron chi connectivity index (χ3n) is 6.14. The molecule has 148 valence electrons. The minimum atomic E-state index is -0.331. The van der Waals surface area contributed by atoms with E-state index in [4.69, 9.17) is 9.47 Å². The fourth-order valence-electron chi connectivity index (χ4n) is 4.29. The van der Waals surface area contributed by atoms with Gasteiger partial charge in [0, 0.05) is 49.9 Å². The van der Waals surface area contributed by atoms with Crippen molar-refractivity contribution in [1.82, 2.24) is 4.90 Å². The van der Waals surface area contributed by atoms with Crippen LogP contribution < -0.4 is 4.74 Å². The van der Waals surface area contributed by atoms with Crippen molar-refractivity contribution in [3.8, 4) is 5.75 Å². The first-order valence-electron chi connectivity index (χ1n) is 9.75. The number of amides is 1. The lowest BCUT2D eigenvalue weighted by Crippen LogP contribution is -2.62. The molecule has 1 saturated heterocycles. The number of rotatable bonds is 7. The molecule has 6 nitrogen and oxygen atoms in total. The first-order valence-corrected chi connectivity index (χ1v) is 9.75. The molecule has 1 saturated carbocycles. The zero-order valence-electron chi connectivity index (χ0n) is 16.1. The smallest absolute Gasteiger partial charge is 0.223 e. The highest BCUT2D eigenvalue weighted by Gasteiger charge is 2.56. The van der Waals surface area contributed by atoms with E-state index in [0.29, 0.717) is 37.4 Å². The van der Waals surface area contributed by atoms with Gasteiger partial charge in [-0.1, -0.05) is 0 Å². The quantitative estimate of drug-likeness (QED) is 0.741. The first-order chi connectivity index (χ1) is 13.0. The van der Waals surface area contributed by atoms with E-state index in [0.717, 1.165) is 12.8 Å². The molecule has 2 atom stereocenters. The van der Waals surface area contributed by atoms with Crippen LogP contribution >= 0.6 is 0 Å². The third kappa shape index (κ3) is 4.01. The first kappa shape index (κ1) is 19.8. The number of hydrogen-bond acceptors (Lipinski definition) is 5. The second kappa shape index (κ2) is 8.40. The van der Waals surface area contributed by atoms with Crippen molar-refractivity contribution in [2.45, 2.75) is 51.2 Å². The Labute approximate surface area is 160 Å². The largest absolute Gasteiger partial charge is 0.497 e. The lowest BCUT2D eigenvalue weighted by Gasteiger charge is -2.56. The highest BCUT2D eigenvalue weighted by molar-refractivity contribution is 5.98. The number of Topliss-reactive ketones (excluding diaryl/α,β-unsaturated/α-hetero) is 1. The topological polar surface area (TPSA) is 76.1 Å². The van der Waals surface area contributed by atoms with Gasteiger partial charge in [-0.3, -0.25) is 9.59 Å². The number of nitrogens with zero attached hydrogens (tertiary/aromatic N) is 1. The van der Waals surface area contributed by atoms with Gasteiger partial charge in [-0.2, -0.15) is 0 Å². The van der Waals surface area contributed by atoms with Crippen LogP contribution in [0, 0.1) is 5.41 Å². The summed E-state index contributed by atoms with van der Waals surface area (Å²) in [6.07, 6.45) is 2.41. The Balaban J connectivity index is 1.47. The van der Waals surface area contributed by atoms with Crippen LogP contribution in [0.2, 0.25) is 0 Å². The fraction of sp³-hybridized carbons (Fsp3) is 0.619. The summed E-state index contributed by atoms with van der Waals surface area (Å²) in [6.45, 7) is 3.86. The van der Waals surface area contributed by atoms with E-state index in [2.05, 4.69) is 0 Å². The van der Waals surface area contributed by atoms with Crippen molar-refractivity contribution in [1.29, 1.82) is 0 Å². The van der Waals surface area contributed by atoms with Crippen LogP contribution in [0.25, 0.3) is 0 Å². The SMILES string of the molecule is CCO[C@H]1C[C@@H](O)C12CCN(C(=O)CCC(=O)c1ccc(OC)cc1)CC2. The summed E-state index contributed by atoms with van der Waals surface area (Å²) in [5, 5.41) is 10.2. The molecular weight excluding hydrogens is 346 g/mol. The van der Waals surface area contributed by atoms with Crippen molar-refractivity contribution >= 4 is 11.7 Å². The summed E-state index contributed by atoms with van der Waals surface area (Å²) in [5.74, 6) is 0.673. The van der Waals surface area contributed by atoms with Crippen LogP contribution in [0.1, 0.15) is 49.4 Å². The second-order valence-electron chi connectivity index (χ2n) is 7.46. The van der Waals surface area contributed by atoms with E-state index in [1.807, 2.05) is 11.8 Å². The molecule has 6 heteroatoms. The average Bonchev–Trinajstić information content (AvgIpc) is 2.71. The summed E-state index contributed by atoms with van der Waals surface area (Å²) >= 11 is 0. The zero-order valence-corrected chi connectivity index (χ0v) is 16.1. The lowest BCUT2D eigenvalue weighted by molar-refractivity contribution is -0.210. The van der Waals surface area contributed by atoms with Crippen LogP contribution in [-0.4, -0.2) is 60.7 Å². The molecule has 2 fully saturated rings. The maximum atomic E-state index is 12.5. The van der Waals surface area contributed by atoms with E-state index >= 15 is 0 Å². The molecule has 1 aromatic rings. The Morgan fingerprint density at radius 1 is 1.19 bits per heavy atom. The van der Waals surface area contributed by atoms with E-state index in [9.17, 15) is 14.7 Å². The van der Waals surface area contributed by atoms with Crippen molar-refractivity contribution in [3.63, 3.8) is 0 Å². The Morgan fingerprint density at radius 3 is 2.41 bits per heavy atom. The molecule has 0 unspecified atom stereocenters. The Morgan fingerprint density at radius 2 is 1.85 bits per heavy atom. The number of aliphatic hydroxyl groups is 1. The van der Waals surface area contributed by atoms with E-state index in [-0.39, 0.29) is 42.2 Å². The maximum absolute atomic E-state index is 12.5. The Kier molecular flexibility index (Phi) is 6.17. The molecule has 1 amide bonds. The number of carbonyl (C=O) groups is 2. The number of ketones is 1. The van der Waals surface area contributed by atoms with Crippen LogP contribution in [0.3, 0.4) is 0 Å². The van der Waals surface area contributed by atoms with Crippen molar-refractivity contribution < 1.29 is 24.2 Å². The van der Waals surface area contributed by atoms with Gasteiger partial charge in [0.1, 0.15) is 5.75 Å². The summed E-state index contributed by atoms with van der Waals surface area (Å²) in [6, 6.07) is 6.94. The van der Waals surface area contributed by atoms with Crippen molar-refractivity contribution in [2.24, 2.45) is 5.41 Å². The van der Waals surface area contributed by atoms with E-state index < -0.39 is 0 Å². The molecule has 27 heavy (non-hydrogen) atoms. The molecule has 1 aliphatic heterocycles. The van der Waals surface area contributed by atoms with Crippen LogP contribution in [0.5, 0.6) is 5.75 Å². The van der Waals surface area contributed by atoms with Gasteiger partial charge >= 0.3 is 0 Å². The highest BCUT2D eigenvalue weighted by atomic mass is 16.5. The molecule has 3 rings (SSSR count). The standard InChI is InChI=1S/C21H29NO5/c1-3-27-19-14-18(24)21(19)10-12-22(13-11-21)20(25)9-8-17(23)15-4-6-16(26-2)7-5-15/h4-7,18-19,24H,3,8-14H2,1-2H3/t18-,19+/m1/s1. The minimum Gasteiger partial charge on any atom is -0.497 e. The average molecular weight is 375 g/mol. The number of hydrogen-bond donors (Lipinski definition) is 1. The van der Waals surface area contributed by atoms with Gasteiger partial charge in [-0.25, -0.2) is 0 Å². The fourth-order valence-corrected chi connectivity index (χ4v) is 4.29. The van der Waals surface area contributed by atoms with Crippen LogP contribution in [0.4, 0.5) is 0 Å². The second-order valence-corrected chi connectivity index (χ2v) is 7.46. The summed E-state index contributed by atoms with van der Waals surface area (Å²) in [4.78, 5) is 26.6. The zero-order chi connectivity index (χ0) is 19.4. The highest BCUT2D eigenvalue weighted by Crippen LogP contribution is 2.50. The van der Waals surface area contributed by atoms with Gasteiger partial charge in [-0.05, 0) is 44.0 Å². The molecule has 0 radical (unpaired) electrons. The molecule has 1 aliphatic carbocycles. The molecule has 0 aromatic heterocycles. The summed E-state index contributed by atoms with van der Waals surface area (Å²) in [7, 11) is 1.58. The molecule has 1 heterocycles. The van der Waals surface area contributed by atoms with Crippen LogP contribution in [0.15, 0.2) is 24.3 Å². The molecule has 1 aromatic carbocycles. The number of likely N-dealkylation sites (tertiary alicyclic amines) is 1. The Bertz CT molecular complexity index is 662. The van der Waals surface area contributed by atoms with Gasteiger partial charge in [0.2, 0.25) is 5.91 Å². The van der Waals surface area contributed by atoms with Crippen molar-refractivity contribution in [2.75, 3.05) is 26.8 Å². The predicted molar refractivity (Wildman–Crippen MR) is 101 cm³/mol. The molecule has 1 spiro atoms. The Hall–Kier alpha value is -1.92. The monoisotopic (exact) mass is 375 g/mol. The number of benzene rings is 1. The van der Waals surface area contributed by atoms with E-state index in [1.54, 1.807) is 31.4 Å². The molecular formula is C21H29NO5. The minimum absolute atomic E-state index is 0.00786. The van der Waals surface area contributed by atoms with Gasteiger partial charge < -0.3 is 19.5 Å². The number of ether oxygens (including phenoxy) is 2. The number of piperidine rings is 1. The maximum Gasteiger partial charge on any atom is 0.223 e. The number of carbonyl (C=O) groups excluding carboxylic acids is 2. The number of methoxy groups -OCH3 is 1. The van der Waals surface area contributed by atoms with Gasteiger partial charge in [0.05, 0.1) is 19.3 Å². The third-order valence-corrected chi connectivity index (χ3v) is 6.14. The number of aliphatic hydroxyl groups excluding tert-OH is 1. The normalized spacial score (nSPS) is 23.7. The summed E-state index contributed by atoms with van der Waals surface area (Å²) < 4.78 is 10.9. The van der Waals surface area contributed by atoms with Crippen LogP contribution in [-0.2, 0) is 9.53 Å². The van der Waals surface area contributed by atoms with Crippen molar-refractivity contribution in [3.05, 3.63) is 29.8 Å².